The van der Waals surface area contributed by atoms with E-state index in [0.29, 0.717) is 35.0 Å². The van der Waals surface area contributed by atoms with Crippen LogP contribution < -0.4 is 4.74 Å². The Balaban J connectivity index is 1.95. The summed E-state index contributed by atoms with van der Waals surface area (Å²) in [6, 6.07) is 13.6. The van der Waals surface area contributed by atoms with E-state index in [1.165, 1.54) is 0 Å². The maximum absolute atomic E-state index is 14.3. The molecule has 0 bridgehead atoms. The number of aromatic nitrogens is 3. The zero-order chi connectivity index (χ0) is 27.4. The van der Waals surface area contributed by atoms with E-state index in [2.05, 4.69) is 10.1 Å². The van der Waals surface area contributed by atoms with E-state index in [0.717, 1.165) is 10.6 Å². The van der Waals surface area contributed by atoms with Crippen molar-refractivity contribution in [3.8, 4) is 28.3 Å². The molecule has 0 aliphatic carbocycles. The molecule has 0 N–H and O–H groups in total. The number of carbonyl (C=O) groups excluding carboxylic acids is 1. The standard InChI is InChI=1S/C27H25ClF4N4O2/c1-3-35(4-2)24(37)15-21-25(18-7-11-20(12-8-18)38-14-13-29)34-36-23(27(30,31)32)16-22(33-26(21)36)17-5-9-19(28)10-6-17/h5-12,16H,3-4,13-15H2,1-2H3. The number of halogens is 5. The zero-order valence-electron chi connectivity index (χ0n) is 20.7. The Bertz CT molecular complexity index is 1420. The number of hydrogen-bond donors (Lipinski definition) is 0. The molecule has 0 unspecified atom stereocenters. The highest BCUT2D eigenvalue weighted by Gasteiger charge is 2.36. The highest BCUT2D eigenvalue weighted by atomic mass is 35.5. The van der Waals surface area contributed by atoms with Crippen LogP contribution in [0.4, 0.5) is 17.6 Å². The summed E-state index contributed by atoms with van der Waals surface area (Å²) in [5, 5.41) is 4.73. The van der Waals surface area contributed by atoms with Gasteiger partial charge >= 0.3 is 6.18 Å². The number of carbonyl (C=O) groups is 1. The fourth-order valence-electron chi connectivity index (χ4n) is 4.13. The van der Waals surface area contributed by atoms with Crippen LogP contribution in [0.3, 0.4) is 0 Å². The molecule has 38 heavy (non-hydrogen) atoms. The molecule has 2 aromatic carbocycles. The third-order valence-corrected chi connectivity index (χ3v) is 6.28. The number of hydrogen-bond acceptors (Lipinski definition) is 4. The molecule has 0 aliphatic heterocycles. The first-order chi connectivity index (χ1) is 18.2. The van der Waals surface area contributed by atoms with Crippen molar-refractivity contribution in [3.05, 3.63) is 70.9 Å². The summed E-state index contributed by atoms with van der Waals surface area (Å²) in [7, 11) is 0. The molecule has 200 valence electrons. The Morgan fingerprint density at radius 1 is 1.03 bits per heavy atom. The van der Waals surface area contributed by atoms with Gasteiger partial charge in [0.25, 0.3) is 0 Å². The molecular weight excluding hydrogens is 524 g/mol. The van der Waals surface area contributed by atoms with Gasteiger partial charge in [-0.25, -0.2) is 13.9 Å². The van der Waals surface area contributed by atoms with Gasteiger partial charge in [-0.15, -0.1) is 0 Å². The molecule has 0 radical (unpaired) electrons. The number of rotatable bonds is 9. The van der Waals surface area contributed by atoms with E-state index in [4.69, 9.17) is 16.3 Å². The van der Waals surface area contributed by atoms with Crippen LogP contribution in [0.25, 0.3) is 28.2 Å². The van der Waals surface area contributed by atoms with Crippen molar-refractivity contribution in [2.45, 2.75) is 26.4 Å². The van der Waals surface area contributed by atoms with Crippen molar-refractivity contribution < 1.29 is 27.1 Å². The monoisotopic (exact) mass is 548 g/mol. The average Bonchev–Trinajstić information content (AvgIpc) is 3.25. The Morgan fingerprint density at radius 2 is 1.66 bits per heavy atom. The van der Waals surface area contributed by atoms with E-state index in [9.17, 15) is 22.4 Å². The third-order valence-electron chi connectivity index (χ3n) is 6.03. The largest absolute Gasteiger partial charge is 0.491 e. The molecular formula is C27H25ClF4N4O2. The first-order valence-corrected chi connectivity index (χ1v) is 12.4. The molecule has 0 saturated carbocycles. The van der Waals surface area contributed by atoms with Gasteiger partial charge in [0.1, 0.15) is 19.0 Å². The molecule has 1 amide bonds. The second-order valence-electron chi connectivity index (χ2n) is 8.40. The van der Waals surface area contributed by atoms with Gasteiger partial charge in [-0.1, -0.05) is 23.7 Å². The van der Waals surface area contributed by atoms with Crippen LogP contribution in [0.15, 0.2) is 54.6 Å². The summed E-state index contributed by atoms with van der Waals surface area (Å²) in [5.41, 5.74) is 0.317. The Hall–Kier alpha value is -3.66. The number of amides is 1. The predicted molar refractivity (Wildman–Crippen MR) is 137 cm³/mol. The van der Waals surface area contributed by atoms with Crippen molar-refractivity contribution >= 4 is 23.2 Å². The minimum atomic E-state index is -4.75. The smallest absolute Gasteiger partial charge is 0.433 e. The summed E-state index contributed by atoms with van der Waals surface area (Å²) >= 11 is 5.96. The van der Waals surface area contributed by atoms with Gasteiger partial charge in [-0.3, -0.25) is 4.79 Å². The van der Waals surface area contributed by atoms with Crippen molar-refractivity contribution in [2.24, 2.45) is 0 Å². The second-order valence-corrected chi connectivity index (χ2v) is 8.83. The van der Waals surface area contributed by atoms with Crippen LogP contribution in [0.5, 0.6) is 5.75 Å². The first-order valence-electron chi connectivity index (χ1n) is 12.0. The lowest BCUT2D eigenvalue weighted by atomic mass is 10.0. The summed E-state index contributed by atoms with van der Waals surface area (Å²) < 4.78 is 61.3. The summed E-state index contributed by atoms with van der Waals surface area (Å²) in [5.74, 6) is 0.136. The van der Waals surface area contributed by atoms with Crippen LogP contribution in [-0.4, -0.2) is 51.8 Å². The first kappa shape index (κ1) is 27.4. The normalized spacial score (nSPS) is 11.7. The number of ether oxygens (including phenoxy) is 1. The fourth-order valence-corrected chi connectivity index (χ4v) is 4.26. The molecule has 4 rings (SSSR count). The Morgan fingerprint density at radius 3 is 2.24 bits per heavy atom. The topological polar surface area (TPSA) is 59.7 Å². The quantitative estimate of drug-likeness (QED) is 0.224. The van der Waals surface area contributed by atoms with Crippen molar-refractivity contribution in [1.29, 1.82) is 0 Å². The molecule has 4 aromatic rings. The van der Waals surface area contributed by atoms with Gasteiger partial charge in [0.05, 0.1) is 17.8 Å². The molecule has 0 aliphatic rings. The molecule has 6 nitrogen and oxygen atoms in total. The number of fused-ring (bicyclic) bond motifs is 1. The summed E-state index contributed by atoms with van der Waals surface area (Å²) in [6.07, 6.45) is -4.95. The summed E-state index contributed by atoms with van der Waals surface area (Å²) in [4.78, 5) is 19.2. The van der Waals surface area contributed by atoms with E-state index in [-0.39, 0.29) is 41.5 Å². The van der Waals surface area contributed by atoms with Gasteiger partial charge in [0, 0.05) is 34.8 Å². The van der Waals surface area contributed by atoms with Crippen molar-refractivity contribution in [3.63, 3.8) is 0 Å². The highest BCUT2D eigenvalue weighted by Crippen LogP contribution is 2.36. The molecule has 0 atom stereocenters. The lowest BCUT2D eigenvalue weighted by molar-refractivity contribution is -0.142. The maximum Gasteiger partial charge on any atom is 0.433 e. The van der Waals surface area contributed by atoms with E-state index in [1.807, 2.05) is 13.8 Å². The molecule has 2 aromatic heterocycles. The minimum Gasteiger partial charge on any atom is -0.491 e. The number of benzene rings is 2. The van der Waals surface area contributed by atoms with Gasteiger partial charge in [0.15, 0.2) is 11.3 Å². The minimum absolute atomic E-state index is 0.0689. The van der Waals surface area contributed by atoms with Crippen molar-refractivity contribution in [2.75, 3.05) is 26.4 Å². The van der Waals surface area contributed by atoms with Crippen molar-refractivity contribution in [1.82, 2.24) is 19.5 Å². The predicted octanol–water partition coefficient (Wildman–Crippen LogP) is 6.49. The lowest BCUT2D eigenvalue weighted by Gasteiger charge is -2.18. The van der Waals surface area contributed by atoms with Crippen LogP contribution in [0.1, 0.15) is 25.1 Å². The fraction of sp³-hybridized carbons (Fsp3) is 0.296. The zero-order valence-corrected chi connectivity index (χ0v) is 21.5. The third kappa shape index (κ3) is 5.75. The SMILES string of the molecule is CCN(CC)C(=O)Cc1c(-c2ccc(OCCF)cc2)nn2c(C(F)(F)F)cc(-c3ccc(Cl)cc3)nc12. The van der Waals surface area contributed by atoms with Gasteiger partial charge < -0.3 is 9.64 Å². The lowest BCUT2D eigenvalue weighted by Crippen LogP contribution is -2.31. The van der Waals surface area contributed by atoms with Gasteiger partial charge in [-0.05, 0) is 56.3 Å². The maximum atomic E-state index is 14.3. The van der Waals surface area contributed by atoms with Crippen LogP contribution in [0, 0.1) is 0 Å². The highest BCUT2D eigenvalue weighted by molar-refractivity contribution is 6.30. The number of alkyl halides is 4. The summed E-state index contributed by atoms with van der Waals surface area (Å²) in [6.45, 7) is 3.77. The number of nitrogens with zero attached hydrogens (tertiary/aromatic N) is 4. The Kier molecular flexibility index (Phi) is 8.20. The van der Waals surface area contributed by atoms with E-state index < -0.39 is 18.5 Å². The van der Waals surface area contributed by atoms with Crippen LogP contribution in [-0.2, 0) is 17.4 Å². The molecule has 2 heterocycles. The Labute approximate surface area is 221 Å². The van der Waals surface area contributed by atoms with E-state index >= 15 is 0 Å². The van der Waals surface area contributed by atoms with Crippen LogP contribution in [0.2, 0.25) is 5.02 Å². The molecule has 0 fully saturated rings. The second kappa shape index (κ2) is 11.4. The van der Waals surface area contributed by atoms with Crippen LogP contribution >= 0.6 is 11.6 Å². The van der Waals surface area contributed by atoms with E-state index in [1.54, 1.807) is 53.4 Å². The number of likely N-dealkylation sites (N-methyl/N-ethyl adjacent to an activating group) is 1. The molecule has 0 spiro atoms. The van der Waals surface area contributed by atoms with Gasteiger partial charge in [-0.2, -0.15) is 18.3 Å². The molecule has 0 saturated heterocycles. The average molecular weight is 549 g/mol. The van der Waals surface area contributed by atoms with Gasteiger partial charge in [0.2, 0.25) is 5.91 Å². The molecule has 11 heteroatoms.